The number of methoxy groups -OCH3 is 1. The molecule has 8 heteroatoms. The molecule has 0 amide bonds. The Morgan fingerprint density at radius 1 is 1.27 bits per heavy atom. The van der Waals surface area contributed by atoms with Gasteiger partial charge in [-0.1, -0.05) is 35.3 Å². The third-order valence-electron chi connectivity index (χ3n) is 4.63. The van der Waals surface area contributed by atoms with E-state index in [0.29, 0.717) is 6.47 Å². The normalized spacial score (nSPS) is 14.4. The molecule has 1 aromatic carbocycles. The van der Waals surface area contributed by atoms with Gasteiger partial charge < -0.3 is 9.84 Å². The summed E-state index contributed by atoms with van der Waals surface area (Å²) >= 11 is 3.58. The first-order valence-corrected chi connectivity index (χ1v) is 10.4. The van der Waals surface area contributed by atoms with Gasteiger partial charge in [0.15, 0.2) is 0 Å². The Bertz CT molecular complexity index is 1030. The maximum atomic E-state index is 9.83. The molecule has 7 nitrogen and oxygen atoms in total. The molecule has 0 saturated heterocycles. The molecule has 156 valence electrons. The van der Waals surface area contributed by atoms with Crippen molar-refractivity contribution in [3.8, 4) is 5.69 Å². The Labute approximate surface area is 183 Å². The number of carbonyl (C=O) groups is 1. The van der Waals surface area contributed by atoms with E-state index in [9.17, 15) is 5.11 Å². The summed E-state index contributed by atoms with van der Waals surface area (Å²) in [5.41, 5.74) is 4.40. The predicted octanol–water partition coefficient (Wildman–Crippen LogP) is 4.00. The lowest BCUT2D eigenvalue weighted by atomic mass is 10.0. The minimum Gasteiger partial charge on any atom is -0.471 e. The van der Waals surface area contributed by atoms with E-state index in [0.717, 1.165) is 51.5 Å². The Balaban J connectivity index is 0.000000589. The topological polar surface area (TPSA) is 89.6 Å². The molecule has 0 spiro atoms. The standard InChI is InChI=1S/C20H19BrN4O.C2H4O2/c1-2-5-17-20-23-11-14(12-26)25(20)18-8-7-13(21)10-15(18)19(24-17)16-6-3-4-9-22-16;1-4-2-3/h3-4,6-11,17,26H,2,5,12H2,1H3;2H,1H3/t17-;/m0./s1. The van der Waals surface area contributed by atoms with Gasteiger partial charge >= 0.3 is 0 Å². The molecule has 0 aliphatic carbocycles. The van der Waals surface area contributed by atoms with Crippen molar-refractivity contribution in [1.82, 2.24) is 14.5 Å². The maximum Gasteiger partial charge on any atom is 0.292 e. The van der Waals surface area contributed by atoms with Gasteiger partial charge in [0.1, 0.15) is 11.9 Å². The summed E-state index contributed by atoms with van der Waals surface area (Å²) in [5, 5.41) is 9.83. The predicted molar refractivity (Wildman–Crippen MR) is 118 cm³/mol. The summed E-state index contributed by atoms with van der Waals surface area (Å²) in [6.07, 6.45) is 5.40. The molecule has 30 heavy (non-hydrogen) atoms. The average molecular weight is 471 g/mol. The third-order valence-corrected chi connectivity index (χ3v) is 5.12. The first-order chi connectivity index (χ1) is 14.6. The second-order valence-electron chi connectivity index (χ2n) is 6.59. The number of hydrogen-bond donors (Lipinski definition) is 1. The first-order valence-electron chi connectivity index (χ1n) is 9.57. The highest BCUT2D eigenvalue weighted by Gasteiger charge is 2.27. The van der Waals surface area contributed by atoms with Crippen LogP contribution < -0.4 is 0 Å². The van der Waals surface area contributed by atoms with E-state index in [2.05, 4.69) is 43.6 Å². The number of imidazole rings is 1. The van der Waals surface area contributed by atoms with Crippen LogP contribution in [0.1, 0.15) is 48.6 Å². The fourth-order valence-corrected chi connectivity index (χ4v) is 3.74. The van der Waals surface area contributed by atoms with Crippen molar-refractivity contribution in [2.24, 2.45) is 4.99 Å². The van der Waals surface area contributed by atoms with Crippen molar-refractivity contribution < 1.29 is 14.6 Å². The summed E-state index contributed by atoms with van der Waals surface area (Å²) in [5.74, 6) is 0.866. The van der Waals surface area contributed by atoms with E-state index in [-0.39, 0.29) is 12.6 Å². The fraction of sp³-hybridized carbons (Fsp3) is 0.273. The maximum absolute atomic E-state index is 9.83. The van der Waals surface area contributed by atoms with Gasteiger partial charge in [-0.2, -0.15) is 0 Å². The quantitative estimate of drug-likeness (QED) is 0.569. The van der Waals surface area contributed by atoms with Gasteiger partial charge in [0.2, 0.25) is 0 Å². The van der Waals surface area contributed by atoms with E-state index in [1.54, 1.807) is 12.4 Å². The Morgan fingerprint density at radius 2 is 2.07 bits per heavy atom. The number of hydrogen-bond acceptors (Lipinski definition) is 6. The highest BCUT2D eigenvalue weighted by molar-refractivity contribution is 9.10. The van der Waals surface area contributed by atoms with Crippen LogP contribution in [0.5, 0.6) is 0 Å². The van der Waals surface area contributed by atoms with Crippen molar-refractivity contribution in [1.29, 1.82) is 0 Å². The largest absolute Gasteiger partial charge is 0.471 e. The molecule has 3 aromatic rings. The first kappa shape index (κ1) is 21.9. The van der Waals surface area contributed by atoms with Crippen LogP contribution in [-0.2, 0) is 16.1 Å². The van der Waals surface area contributed by atoms with Gasteiger partial charge in [-0.05, 0) is 36.8 Å². The SMILES string of the molecule is CCC[C@@H]1N=C(c2ccccn2)c2cc(Br)ccc2-n2c(CO)cnc21.COC=O. The Morgan fingerprint density at radius 3 is 2.70 bits per heavy atom. The Hall–Kier alpha value is -2.84. The van der Waals surface area contributed by atoms with Crippen molar-refractivity contribution in [2.45, 2.75) is 32.4 Å². The lowest BCUT2D eigenvalue weighted by molar-refractivity contribution is -0.126. The van der Waals surface area contributed by atoms with Crippen LogP contribution in [0.15, 0.2) is 58.3 Å². The minimum atomic E-state index is -0.0801. The van der Waals surface area contributed by atoms with E-state index in [4.69, 9.17) is 9.79 Å². The number of aliphatic hydroxyl groups is 1. The van der Waals surface area contributed by atoms with Gasteiger partial charge in [0.05, 0.1) is 42.7 Å². The van der Waals surface area contributed by atoms with Crippen LogP contribution in [0.3, 0.4) is 0 Å². The van der Waals surface area contributed by atoms with Gasteiger partial charge in [0, 0.05) is 16.2 Å². The fourth-order valence-electron chi connectivity index (χ4n) is 3.38. The van der Waals surface area contributed by atoms with Crippen LogP contribution in [-0.4, -0.2) is 38.9 Å². The van der Waals surface area contributed by atoms with Crippen molar-refractivity contribution in [2.75, 3.05) is 7.11 Å². The zero-order valence-electron chi connectivity index (χ0n) is 16.8. The number of fused-ring (bicyclic) bond motifs is 3. The van der Waals surface area contributed by atoms with Crippen molar-refractivity contribution >= 4 is 28.1 Å². The minimum absolute atomic E-state index is 0.0692. The molecule has 0 unspecified atom stereocenters. The van der Waals surface area contributed by atoms with E-state index in [1.165, 1.54) is 7.11 Å². The monoisotopic (exact) mass is 470 g/mol. The van der Waals surface area contributed by atoms with Crippen molar-refractivity contribution in [3.05, 3.63) is 76.0 Å². The van der Waals surface area contributed by atoms with Crippen LogP contribution in [0.4, 0.5) is 0 Å². The zero-order chi connectivity index (χ0) is 21.5. The summed E-state index contributed by atoms with van der Waals surface area (Å²) in [6.45, 7) is 2.45. The van der Waals surface area contributed by atoms with Crippen LogP contribution in [0.2, 0.25) is 0 Å². The molecule has 4 rings (SSSR count). The van der Waals surface area contributed by atoms with Gasteiger partial charge in [-0.15, -0.1) is 0 Å². The van der Waals surface area contributed by atoms with E-state index < -0.39 is 0 Å². The number of pyridine rings is 1. The number of ether oxygens (including phenoxy) is 1. The third kappa shape index (κ3) is 4.49. The lowest BCUT2D eigenvalue weighted by Gasteiger charge is -2.14. The number of carbonyl (C=O) groups excluding carboxylic acids is 1. The summed E-state index contributed by atoms with van der Waals surface area (Å²) in [4.78, 5) is 23.2. The smallest absolute Gasteiger partial charge is 0.292 e. The molecule has 3 heterocycles. The van der Waals surface area contributed by atoms with Crippen LogP contribution in [0, 0.1) is 0 Å². The number of nitrogens with zero attached hydrogens (tertiary/aromatic N) is 4. The molecular weight excluding hydrogens is 448 g/mol. The number of rotatable bonds is 5. The number of benzene rings is 1. The second kappa shape index (κ2) is 10.3. The second-order valence-corrected chi connectivity index (χ2v) is 7.51. The molecule has 1 aliphatic heterocycles. The van der Waals surface area contributed by atoms with E-state index >= 15 is 0 Å². The lowest BCUT2D eigenvalue weighted by Crippen LogP contribution is -2.10. The molecule has 0 radical (unpaired) electrons. The van der Waals surface area contributed by atoms with Gasteiger partial charge in [-0.3, -0.25) is 19.3 Å². The zero-order valence-corrected chi connectivity index (χ0v) is 18.4. The van der Waals surface area contributed by atoms with E-state index in [1.807, 2.05) is 34.9 Å². The Kier molecular flexibility index (Phi) is 7.48. The molecule has 2 aromatic heterocycles. The number of aliphatic imine (C=N–C) groups is 1. The van der Waals surface area contributed by atoms with Gasteiger partial charge in [-0.25, -0.2) is 4.98 Å². The molecule has 0 bridgehead atoms. The average Bonchev–Trinajstić information content (AvgIpc) is 3.16. The number of aromatic nitrogens is 3. The molecule has 0 fully saturated rings. The highest BCUT2D eigenvalue weighted by Crippen LogP contribution is 2.34. The molecule has 1 aliphatic rings. The van der Waals surface area contributed by atoms with Crippen LogP contribution in [0.25, 0.3) is 5.69 Å². The molecule has 1 atom stereocenters. The van der Waals surface area contributed by atoms with Crippen LogP contribution >= 0.6 is 15.9 Å². The summed E-state index contributed by atoms with van der Waals surface area (Å²) in [7, 11) is 1.31. The molecule has 1 N–H and O–H groups in total. The molecular formula is C22H23BrN4O3. The summed E-state index contributed by atoms with van der Waals surface area (Å²) in [6, 6.07) is 11.9. The highest BCUT2D eigenvalue weighted by atomic mass is 79.9. The van der Waals surface area contributed by atoms with Gasteiger partial charge in [0.25, 0.3) is 6.47 Å². The van der Waals surface area contributed by atoms with Crippen molar-refractivity contribution in [3.63, 3.8) is 0 Å². The molecule has 0 saturated carbocycles. The number of aliphatic hydroxyl groups excluding tert-OH is 1. The summed E-state index contributed by atoms with van der Waals surface area (Å²) < 4.78 is 6.88. The number of halogens is 1.